The molecule has 0 spiro atoms. The molecule has 170 valence electrons. The molecule has 0 aliphatic carbocycles. The average Bonchev–Trinajstić information content (AvgIpc) is 3.10. The van der Waals surface area contributed by atoms with Crippen molar-refractivity contribution < 1.29 is 9.47 Å². The summed E-state index contributed by atoms with van der Waals surface area (Å²) in [6, 6.07) is 9.89. The number of fused-ring (bicyclic) bond motifs is 1. The summed E-state index contributed by atoms with van der Waals surface area (Å²) in [7, 11) is 0. The molecule has 0 radical (unpaired) electrons. The van der Waals surface area contributed by atoms with Crippen LogP contribution in [0.1, 0.15) is 13.8 Å². The number of benzene rings is 1. The van der Waals surface area contributed by atoms with Gasteiger partial charge in [0, 0.05) is 25.2 Å². The number of anilines is 2. The Morgan fingerprint density at radius 1 is 1.19 bits per heavy atom. The molecule has 1 aromatic carbocycles. The monoisotopic (exact) mass is 439 g/mol. The largest absolute Gasteiger partial charge is 0.378 e. The van der Waals surface area contributed by atoms with Crippen molar-refractivity contribution in [2.45, 2.75) is 38.6 Å². The standard InChI is InChI=1S/C22H29N7O3/c1-14-10-27(11-15(2)32-14)19-18(16-6-4-3-5-7-16)25-21(23)29-20(19)26-28(22(29)30)12-17-13-31-9-8-24-17/h3-7,14-15,17,24H,8-13H2,1-2H3,(H2,23,25)/t14?,15?,17-/m0/s1. The van der Waals surface area contributed by atoms with Gasteiger partial charge in [-0.2, -0.15) is 0 Å². The SMILES string of the molecule is CC1CN(c2c(-c3ccccc3)nc(N)n3c(=O)n(C[C@H]4COCCN4)nc23)CC(C)O1. The second-order valence-electron chi connectivity index (χ2n) is 8.55. The van der Waals surface area contributed by atoms with E-state index in [2.05, 4.69) is 15.2 Å². The molecule has 3 atom stereocenters. The lowest BCUT2D eigenvalue weighted by atomic mass is 10.1. The summed E-state index contributed by atoms with van der Waals surface area (Å²) in [6.07, 6.45) is 0.0785. The van der Waals surface area contributed by atoms with Crippen LogP contribution < -0.4 is 21.6 Å². The summed E-state index contributed by atoms with van der Waals surface area (Å²) in [4.78, 5) is 20.2. The van der Waals surface area contributed by atoms with E-state index in [0.29, 0.717) is 44.2 Å². The Hall–Kier alpha value is -2.95. The normalized spacial score (nSPS) is 24.2. The Morgan fingerprint density at radius 3 is 2.62 bits per heavy atom. The Labute approximate surface area is 185 Å². The molecule has 3 aromatic rings. The lowest BCUT2D eigenvalue weighted by molar-refractivity contribution is -0.00514. The third kappa shape index (κ3) is 3.85. The van der Waals surface area contributed by atoms with Gasteiger partial charge in [0.1, 0.15) is 11.4 Å². The Kier molecular flexibility index (Phi) is 5.58. The van der Waals surface area contributed by atoms with Crippen molar-refractivity contribution in [2.75, 3.05) is 43.5 Å². The summed E-state index contributed by atoms with van der Waals surface area (Å²) < 4.78 is 14.4. The van der Waals surface area contributed by atoms with E-state index in [0.717, 1.165) is 17.8 Å². The predicted octanol–water partition coefficient (Wildman–Crippen LogP) is 0.742. The van der Waals surface area contributed by atoms with Gasteiger partial charge in [-0.3, -0.25) is 0 Å². The van der Waals surface area contributed by atoms with Crippen molar-refractivity contribution in [3.63, 3.8) is 0 Å². The molecular formula is C22H29N7O3. The summed E-state index contributed by atoms with van der Waals surface area (Å²) >= 11 is 0. The van der Waals surface area contributed by atoms with Crippen molar-refractivity contribution in [1.82, 2.24) is 24.5 Å². The van der Waals surface area contributed by atoms with Gasteiger partial charge in [-0.15, -0.1) is 5.10 Å². The van der Waals surface area contributed by atoms with Crippen LogP contribution in [0.15, 0.2) is 35.1 Å². The Balaban J connectivity index is 1.68. The van der Waals surface area contributed by atoms with E-state index in [1.54, 1.807) is 0 Å². The molecule has 2 unspecified atom stereocenters. The van der Waals surface area contributed by atoms with E-state index < -0.39 is 0 Å². The maximum Gasteiger partial charge on any atom is 0.353 e. The maximum absolute atomic E-state index is 13.3. The van der Waals surface area contributed by atoms with E-state index in [4.69, 9.17) is 20.3 Å². The van der Waals surface area contributed by atoms with Gasteiger partial charge in [-0.1, -0.05) is 30.3 Å². The van der Waals surface area contributed by atoms with Gasteiger partial charge >= 0.3 is 5.69 Å². The molecule has 32 heavy (non-hydrogen) atoms. The van der Waals surface area contributed by atoms with Crippen LogP contribution in [0.4, 0.5) is 11.6 Å². The van der Waals surface area contributed by atoms with E-state index >= 15 is 0 Å². The van der Waals surface area contributed by atoms with Crippen LogP contribution in [0.25, 0.3) is 16.9 Å². The highest BCUT2D eigenvalue weighted by atomic mass is 16.5. The van der Waals surface area contributed by atoms with Crippen molar-refractivity contribution >= 4 is 17.3 Å². The minimum atomic E-state index is -0.299. The van der Waals surface area contributed by atoms with E-state index in [1.807, 2.05) is 44.2 Å². The second kappa shape index (κ2) is 8.53. The number of aromatic nitrogens is 4. The van der Waals surface area contributed by atoms with Gasteiger partial charge in [0.2, 0.25) is 5.95 Å². The van der Waals surface area contributed by atoms with E-state index in [9.17, 15) is 4.79 Å². The highest BCUT2D eigenvalue weighted by Crippen LogP contribution is 2.34. The second-order valence-corrected chi connectivity index (χ2v) is 8.55. The van der Waals surface area contributed by atoms with Gasteiger partial charge in [0.25, 0.3) is 0 Å². The minimum Gasteiger partial charge on any atom is -0.378 e. The van der Waals surface area contributed by atoms with Gasteiger partial charge in [0.05, 0.1) is 38.0 Å². The molecule has 2 aliphatic heterocycles. The average molecular weight is 440 g/mol. The molecular weight excluding hydrogens is 410 g/mol. The van der Waals surface area contributed by atoms with Crippen molar-refractivity contribution in [2.24, 2.45) is 0 Å². The number of rotatable bonds is 4. The van der Waals surface area contributed by atoms with E-state index in [1.165, 1.54) is 9.08 Å². The number of nitrogen functional groups attached to an aromatic ring is 1. The Bertz CT molecular complexity index is 1140. The van der Waals surface area contributed by atoms with Crippen LogP contribution in [0, 0.1) is 0 Å². The molecule has 10 heteroatoms. The minimum absolute atomic E-state index is 0.0148. The smallest absolute Gasteiger partial charge is 0.353 e. The number of hydrogen-bond acceptors (Lipinski definition) is 8. The van der Waals surface area contributed by atoms with Gasteiger partial charge in [-0.25, -0.2) is 18.9 Å². The number of nitrogens with one attached hydrogen (secondary N) is 1. The lowest BCUT2D eigenvalue weighted by Gasteiger charge is -2.37. The molecule has 2 saturated heterocycles. The summed E-state index contributed by atoms with van der Waals surface area (Å²) in [5.41, 5.74) is 8.97. The summed E-state index contributed by atoms with van der Waals surface area (Å²) in [5.74, 6) is 0.126. The molecule has 2 aliphatic rings. The maximum atomic E-state index is 13.3. The fourth-order valence-electron chi connectivity index (χ4n) is 4.60. The number of nitrogens with two attached hydrogens (primary N) is 1. The highest BCUT2D eigenvalue weighted by Gasteiger charge is 2.30. The number of ether oxygens (including phenoxy) is 2. The molecule has 10 nitrogen and oxygen atoms in total. The van der Waals surface area contributed by atoms with Crippen molar-refractivity contribution in [1.29, 1.82) is 0 Å². The van der Waals surface area contributed by atoms with Crippen LogP contribution >= 0.6 is 0 Å². The molecule has 5 rings (SSSR count). The molecule has 4 heterocycles. The summed E-state index contributed by atoms with van der Waals surface area (Å²) in [5, 5.41) is 8.12. The number of nitrogens with zero attached hydrogens (tertiary/aromatic N) is 5. The number of hydrogen-bond donors (Lipinski definition) is 2. The first-order valence-electron chi connectivity index (χ1n) is 11.1. The number of morpholine rings is 2. The van der Waals surface area contributed by atoms with Crippen LogP contribution in [0.5, 0.6) is 0 Å². The quantitative estimate of drug-likeness (QED) is 0.612. The highest BCUT2D eigenvalue weighted by molar-refractivity contribution is 5.86. The zero-order chi connectivity index (χ0) is 22.2. The summed E-state index contributed by atoms with van der Waals surface area (Å²) in [6.45, 7) is 7.80. The molecule has 2 aromatic heterocycles. The van der Waals surface area contributed by atoms with Gasteiger partial charge in [-0.05, 0) is 13.8 Å². The van der Waals surface area contributed by atoms with Gasteiger partial charge in [0.15, 0.2) is 5.65 Å². The first kappa shape index (κ1) is 20.9. The zero-order valence-electron chi connectivity index (χ0n) is 18.4. The van der Waals surface area contributed by atoms with Crippen LogP contribution in [0.3, 0.4) is 0 Å². The van der Waals surface area contributed by atoms with Crippen LogP contribution in [0.2, 0.25) is 0 Å². The molecule has 3 N–H and O–H groups in total. The van der Waals surface area contributed by atoms with E-state index in [-0.39, 0.29) is 29.9 Å². The van der Waals surface area contributed by atoms with Crippen molar-refractivity contribution in [3.8, 4) is 11.3 Å². The fraction of sp³-hybridized carbons (Fsp3) is 0.500. The van der Waals surface area contributed by atoms with Crippen molar-refractivity contribution in [3.05, 3.63) is 40.8 Å². The molecule has 0 bridgehead atoms. The topological polar surface area (TPSA) is 112 Å². The molecule has 0 saturated carbocycles. The predicted molar refractivity (Wildman–Crippen MR) is 122 cm³/mol. The Morgan fingerprint density at radius 2 is 1.94 bits per heavy atom. The van der Waals surface area contributed by atoms with Crippen LogP contribution in [-0.2, 0) is 16.0 Å². The first-order valence-corrected chi connectivity index (χ1v) is 11.1. The first-order chi connectivity index (χ1) is 15.5. The zero-order valence-corrected chi connectivity index (χ0v) is 18.4. The third-order valence-corrected chi connectivity index (χ3v) is 5.91. The molecule has 0 amide bonds. The molecule has 2 fully saturated rings. The lowest BCUT2D eigenvalue weighted by Crippen LogP contribution is -2.46. The van der Waals surface area contributed by atoms with Gasteiger partial charge < -0.3 is 25.4 Å². The third-order valence-electron chi connectivity index (χ3n) is 5.91. The van der Waals surface area contributed by atoms with Crippen LogP contribution in [-0.4, -0.2) is 70.3 Å². The fourth-order valence-corrected chi connectivity index (χ4v) is 4.60.